The summed E-state index contributed by atoms with van der Waals surface area (Å²) in [7, 11) is 0. The van der Waals surface area contributed by atoms with Crippen molar-refractivity contribution in [2.24, 2.45) is 4.99 Å². The number of amides is 2. The fourth-order valence-corrected chi connectivity index (χ4v) is 5.43. The number of rotatable bonds is 8. The van der Waals surface area contributed by atoms with Gasteiger partial charge in [-0.25, -0.2) is 0 Å². The van der Waals surface area contributed by atoms with Crippen LogP contribution >= 0.6 is 23.1 Å². The number of thiazole rings is 1. The summed E-state index contributed by atoms with van der Waals surface area (Å²) in [4.78, 5) is 53.9. The van der Waals surface area contributed by atoms with Gasteiger partial charge in [-0.05, 0) is 39.2 Å². The number of carbonyl (C=O) groups is 3. The second kappa shape index (κ2) is 11.4. The average Bonchev–Trinajstić information content (AvgIpc) is 3.10. The molecule has 2 aromatic rings. The standard InChI is InChI=1S/C21H26N4O6S2/c1-3-31-20(28)11-24-16-8-7-15(25(29)30)10-17(16)33-21(24)22-18(26)12-32-13-19(27)23-9-5-4-6-14(23)2/h7-8,10,14H,3-6,9,11-13H2,1-2H3. The molecule has 0 aliphatic carbocycles. The van der Waals surface area contributed by atoms with Gasteiger partial charge in [0.05, 0.1) is 33.3 Å². The highest BCUT2D eigenvalue weighted by Crippen LogP contribution is 2.23. The average molecular weight is 495 g/mol. The summed E-state index contributed by atoms with van der Waals surface area (Å²) in [5.74, 6) is -0.709. The Hall–Kier alpha value is -2.73. The maximum Gasteiger partial charge on any atom is 0.326 e. The molecule has 1 aromatic heterocycles. The Labute approximate surface area is 198 Å². The lowest BCUT2D eigenvalue weighted by atomic mass is 10.0. The Morgan fingerprint density at radius 3 is 2.79 bits per heavy atom. The van der Waals surface area contributed by atoms with Crippen LogP contribution in [0.3, 0.4) is 0 Å². The molecule has 33 heavy (non-hydrogen) atoms. The molecule has 12 heteroatoms. The van der Waals surface area contributed by atoms with E-state index in [0.717, 1.165) is 37.1 Å². The molecular weight excluding hydrogens is 468 g/mol. The molecule has 0 radical (unpaired) electrons. The Bertz CT molecular complexity index is 1130. The molecule has 0 saturated carbocycles. The van der Waals surface area contributed by atoms with E-state index in [1.807, 2.05) is 11.8 Å². The maximum atomic E-state index is 12.5. The Morgan fingerprint density at radius 2 is 2.09 bits per heavy atom. The number of hydrogen-bond acceptors (Lipinski definition) is 8. The number of ether oxygens (including phenoxy) is 1. The number of likely N-dealkylation sites (tertiary alicyclic amines) is 1. The van der Waals surface area contributed by atoms with Gasteiger partial charge in [-0.2, -0.15) is 4.99 Å². The van der Waals surface area contributed by atoms with E-state index < -0.39 is 16.8 Å². The van der Waals surface area contributed by atoms with Crippen molar-refractivity contribution in [3.63, 3.8) is 0 Å². The molecule has 2 heterocycles. The van der Waals surface area contributed by atoms with Crippen LogP contribution in [-0.2, 0) is 25.7 Å². The molecule has 0 N–H and O–H groups in total. The lowest BCUT2D eigenvalue weighted by Gasteiger charge is -2.33. The number of carbonyl (C=O) groups excluding carboxylic acids is 3. The van der Waals surface area contributed by atoms with Gasteiger partial charge in [0.15, 0.2) is 4.80 Å². The van der Waals surface area contributed by atoms with Crippen LogP contribution in [-0.4, -0.2) is 62.9 Å². The van der Waals surface area contributed by atoms with Crippen molar-refractivity contribution in [3.8, 4) is 0 Å². The highest BCUT2D eigenvalue weighted by atomic mass is 32.2. The van der Waals surface area contributed by atoms with Crippen molar-refractivity contribution < 1.29 is 24.0 Å². The summed E-state index contributed by atoms with van der Waals surface area (Å²) in [6.07, 6.45) is 3.12. The van der Waals surface area contributed by atoms with Crippen LogP contribution < -0.4 is 4.80 Å². The fourth-order valence-electron chi connectivity index (χ4n) is 3.67. The number of aromatic nitrogens is 1. The summed E-state index contributed by atoms with van der Waals surface area (Å²) >= 11 is 2.29. The number of piperidine rings is 1. The second-order valence-electron chi connectivity index (χ2n) is 7.62. The lowest BCUT2D eigenvalue weighted by Crippen LogP contribution is -2.43. The molecule has 2 amide bonds. The lowest BCUT2D eigenvalue weighted by molar-refractivity contribution is -0.384. The first kappa shape index (κ1) is 24.9. The van der Waals surface area contributed by atoms with Crippen LogP contribution in [0, 0.1) is 10.1 Å². The van der Waals surface area contributed by atoms with E-state index >= 15 is 0 Å². The molecule has 0 bridgehead atoms. The SMILES string of the molecule is CCOC(=O)Cn1c(=NC(=O)CSCC(=O)N2CCCCC2C)sc2cc([N+](=O)[O-])ccc21. The first-order valence-electron chi connectivity index (χ1n) is 10.7. The van der Waals surface area contributed by atoms with E-state index in [1.54, 1.807) is 6.92 Å². The number of nitrogens with zero attached hydrogens (tertiary/aromatic N) is 4. The van der Waals surface area contributed by atoms with Crippen LogP contribution in [0.1, 0.15) is 33.1 Å². The summed E-state index contributed by atoms with van der Waals surface area (Å²) in [6.45, 7) is 4.52. The summed E-state index contributed by atoms with van der Waals surface area (Å²) < 4.78 is 7.06. The molecular formula is C21H26N4O6S2. The quantitative estimate of drug-likeness (QED) is 0.314. The molecule has 1 aliphatic rings. The fraction of sp³-hybridized carbons (Fsp3) is 0.524. The minimum absolute atomic E-state index is 0.0156. The third kappa shape index (κ3) is 6.41. The van der Waals surface area contributed by atoms with Gasteiger partial charge in [-0.15, -0.1) is 11.8 Å². The molecule has 178 valence electrons. The number of fused-ring (bicyclic) bond motifs is 1. The number of thioether (sulfide) groups is 1. The molecule has 1 saturated heterocycles. The van der Waals surface area contributed by atoms with Crippen LogP contribution in [0.5, 0.6) is 0 Å². The van der Waals surface area contributed by atoms with E-state index in [9.17, 15) is 24.5 Å². The third-order valence-corrected chi connectivity index (χ3v) is 7.21. The predicted octanol–water partition coefficient (Wildman–Crippen LogP) is 2.74. The van der Waals surface area contributed by atoms with Crippen LogP contribution in [0.4, 0.5) is 5.69 Å². The number of non-ortho nitro benzene ring substituents is 1. The molecule has 1 unspecified atom stereocenters. The minimum atomic E-state index is -0.506. The van der Waals surface area contributed by atoms with Gasteiger partial charge >= 0.3 is 5.97 Å². The first-order chi connectivity index (χ1) is 15.8. The van der Waals surface area contributed by atoms with Crippen molar-refractivity contribution in [1.82, 2.24) is 9.47 Å². The van der Waals surface area contributed by atoms with Crippen molar-refractivity contribution >= 4 is 56.8 Å². The Morgan fingerprint density at radius 1 is 1.30 bits per heavy atom. The number of hydrogen-bond donors (Lipinski definition) is 0. The topological polar surface area (TPSA) is 124 Å². The van der Waals surface area contributed by atoms with Gasteiger partial charge in [0, 0.05) is 24.7 Å². The Kier molecular flexibility index (Phi) is 8.61. The monoisotopic (exact) mass is 494 g/mol. The van der Waals surface area contributed by atoms with Crippen LogP contribution in [0.2, 0.25) is 0 Å². The molecule has 1 aromatic carbocycles. The van der Waals surface area contributed by atoms with E-state index in [1.165, 1.54) is 34.5 Å². The first-order valence-corrected chi connectivity index (χ1v) is 12.7. The van der Waals surface area contributed by atoms with Crippen LogP contribution in [0.25, 0.3) is 10.2 Å². The zero-order chi connectivity index (χ0) is 24.0. The van der Waals surface area contributed by atoms with Crippen molar-refractivity contribution in [2.75, 3.05) is 24.7 Å². The second-order valence-corrected chi connectivity index (χ2v) is 9.61. The van der Waals surface area contributed by atoms with Crippen molar-refractivity contribution in [2.45, 2.75) is 45.7 Å². The van der Waals surface area contributed by atoms with Crippen molar-refractivity contribution in [1.29, 1.82) is 0 Å². The van der Waals surface area contributed by atoms with Crippen LogP contribution in [0.15, 0.2) is 23.2 Å². The highest BCUT2D eigenvalue weighted by molar-refractivity contribution is 8.00. The molecule has 1 aliphatic heterocycles. The highest BCUT2D eigenvalue weighted by Gasteiger charge is 2.23. The maximum absolute atomic E-state index is 12.5. The van der Waals surface area contributed by atoms with Gasteiger partial charge in [0.25, 0.3) is 11.6 Å². The molecule has 1 fully saturated rings. The van der Waals surface area contributed by atoms with E-state index in [-0.39, 0.29) is 47.1 Å². The smallest absolute Gasteiger partial charge is 0.326 e. The number of esters is 1. The minimum Gasteiger partial charge on any atom is -0.465 e. The van der Waals surface area contributed by atoms with Gasteiger partial charge in [0.1, 0.15) is 6.54 Å². The number of benzene rings is 1. The molecule has 10 nitrogen and oxygen atoms in total. The normalized spacial score (nSPS) is 16.7. The van der Waals surface area contributed by atoms with Gasteiger partial charge in [0.2, 0.25) is 5.91 Å². The summed E-state index contributed by atoms with van der Waals surface area (Å²) in [5.41, 5.74) is 0.457. The van der Waals surface area contributed by atoms with Gasteiger partial charge < -0.3 is 14.2 Å². The largest absolute Gasteiger partial charge is 0.465 e. The third-order valence-electron chi connectivity index (χ3n) is 5.26. The molecule has 3 rings (SSSR count). The van der Waals surface area contributed by atoms with Gasteiger partial charge in [-0.1, -0.05) is 11.3 Å². The number of nitro groups is 1. The summed E-state index contributed by atoms with van der Waals surface area (Å²) in [6, 6.07) is 4.47. The van der Waals surface area contributed by atoms with E-state index in [0.29, 0.717) is 10.2 Å². The Balaban J connectivity index is 1.76. The van der Waals surface area contributed by atoms with E-state index in [2.05, 4.69) is 4.99 Å². The summed E-state index contributed by atoms with van der Waals surface area (Å²) in [5, 5.41) is 11.1. The predicted molar refractivity (Wildman–Crippen MR) is 126 cm³/mol. The molecule has 0 spiro atoms. The zero-order valence-corrected chi connectivity index (χ0v) is 20.2. The van der Waals surface area contributed by atoms with Gasteiger partial charge in [-0.3, -0.25) is 24.5 Å². The number of nitro benzene ring substituents is 1. The molecule has 1 atom stereocenters. The van der Waals surface area contributed by atoms with E-state index in [4.69, 9.17) is 4.74 Å². The van der Waals surface area contributed by atoms with Crippen molar-refractivity contribution in [3.05, 3.63) is 33.1 Å². The zero-order valence-electron chi connectivity index (χ0n) is 18.5.